The molecule has 1 saturated heterocycles. The standard InChI is InChI=1S/C13H20N2O/c1-16-13-5-2-4-12(10-13)11-15-8-3-6-14-7-9-15/h2,4-5,10,14H,3,6-9,11H2,1H3. The number of rotatable bonds is 3. The second kappa shape index (κ2) is 5.87. The van der Waals surface area contributed by atoms with Crippen LogP contribution in [0.25, 0.3) is 0 Å². The number of hydrogen-bond donors (Lipinski definition) is 1. The first kappa shape index (κ1) is 11.4. The lowest BCUT2D eigenvalue weighted by Gasteiger charge is -2.19. The van der Waals surface area contributed by atoms with Crippen molar-refractivity contribution in [1.82, 2.24) is 10.2 Å². The topological polar surface area (TPSA) is 24.5 Å². The molecule has 0 spiro atoms. The summed E-state index contributed by atoms with van der Waals surface area (Å²) < 4.78 is 5.24. The van der Waals surface area contributed by atoms with Gasteiger partial charge in [-0.1, -0.05) is 12.1 Å². The van der Waals surface area contributed by atoms with Crippen molar-refractivity contribution in [3.05, 3.63) is 29.8 Å². The largest absolute Gasteiger partial charge is 0.497 e. The number of nitrogens with zero attached hydrogens (tertiary/aromatic N) is 1. The zero-order chi connectivity index (χ0) is 11.2. The van der Waals surface area contributed by atoms with Gasteiger partial charge in [-0.3, -0.25) is 4.90 Å². The molecule has 0 unspecified atom stereocenters. The Kier molecular flexibility index (Phi) is 4.19. The monoisotopic (exact) mass is 220 g/mol. The predicted molar refractivity (Wildman–Crippen MR) is 65.8 cm³/mol. The lowest BCUT2D eigenvalue weighted by molar-refractivity contribution is 0.284. The van der Waals surface area contributed by atoms with Crippen molar-refractivity contribution in [2.75, 3.05) is 33.3 Å². The number of ether oxygens (including phenoxy) is 1. The van der Waals surface area contributed by atoms with Gasteiger partial charge in [0, 0.05) is 19.6 Å². The number of nitrogens with one attached hydrogen (secondary N) is 1. The van der Waals surface area contributed by atoms with Gasteiger partial charge in [0.2, 0.25) is 0 Å². The van der Waals surface area contributed by atoms with Crippen LogP contribution in [0, 0.1) is 0 Å². The summed E-state index contributed by atoms with van der Waals surface area (Å²) in [6.45, 7) is 5.60. The van der Waals surface area contributed by atoms with Gasteiger partial charge in [0.05, 0.1) is 7.11 Å². The fourth-order valence-corrected chi connectivity index (χ4v) is 2.09. The van der Waals surface area contributed by atoms with Crippen molar-refractivity contribution >= 4 is 0 Å². The van der Waals surface area contributed by atoms with Crippen LogP contribution in [-0.4, -0.2) is 38.2 Å². The van der Waals surface area contributed by atoms with Crippen LogP contribution < -0.4 is 10.1 Å². The average Bonchev–Trinajstić information content (AvgIpc) is 2.58. The molecule has 0 amide bonds. The zero-order valence-corrected chi connectivity index (χ0v) is 9.91. The summed E-state index contributed by atoms with van der Waals surface area (Å²) in [4.78, 5) is 2.49. The molecule has 0 saturated carbocycles. The van der Waals surface area contributed by atoms with Crippen LogP contribution >= 0.6 is 0 Å². The van der Waals surface area contributed by atoms with Gasteiger partial charge < -0.3 is 10.1 Å². The summed E-state index contributed by atoms with van der Waals surface area (Å²) in [5.41, 5.74) is 1.33. The summed E-state index contributed by atoms with van der Waals surface area (Å²) in [6, 6.07) is 8.34. The third-order valence-corrected chi connectivity index (χ3v) is 2.97. The Morgan fingerprint density at radius 1 is 1.31 bits per heavy atom. The van der Waals surface area contributed by atoms with E-state index in [1.165, 1.54) is 18.5 Å². The van der Waals surface area contributed by atoms with Gasteiger partial charge >= 0.3 is 0 Å². The Labute approximate surface area is 97.4 Å². The first-order valence-electron chi connectivity index (χ1n) is 5.94. The van der Waals surface area contributed by atoms with Crippen LogP contribution in [-0.2, 0) is 6.54 Å². The van der Waals surface area contributed by atoms with Crippen molar-refractivity contribution in [2.45, 2.75) is 13.0 Å². The van der Waals surface area contributed by atoms with Crippen molar-refractivity contribution in [2.24, 2.45) is 0 Å². The van der Waals surface area contributed by atoms with E-state index in [4.69, 9.17) is 4.74 Å². The third-order valence-electron chi connectivity index (χ3n) is 2.97. The highest BCUT2D eigenvalue weighted by Gasteiger charge is 2.08. The smallest absolute Gasteiger partial charge is 0.119 e. The van der Waals surface area contributed by atoms with E-state index in [0.29, 0.717) is 0 Å². The molecule has 1 aromatic rings. The summed E-state index contributed by atoms with van der Waals surface area (Å²) >= 11 is 0. The highest BCUT2D eigenvalue weighted by atomic mass is 16.5. The summed E-state index contributed by atoms with van der Waals surface area (Å²) in [7, 11) is 1.72. The molecule has 3 heteroatoms. The van der Waals surface area contributed by atoms with E-state index >= 15 is 0 Å². The van der Waals surface area contributed by atoms with Crippen LogP contribution in [0.3, 0.4) is 0 Å². The van der Waals surface area contributed by atoms with Crippen molar-refractivity contribution in [1.29, 1.82) is 0 Å². The van der Waals surface area contributed by atoms with Crippen LogP contribution in [0.5, 0.6) is 5.75 Å². The molecular formula is C13H20N2O. The Hall–Kier alpha value is -1.06. The van der Waals surface area contributed by atoms with E-state index in [-0.39, 0.29) is 0 Å². The molecule has 1 fully saturated rings. The quantitative estimate of drug-likeness (QED) is 0.835. The maximum Gasteiger partial charge on any atom is 0.119 e. The number of hydrogen-bond acceptors (Lipinski definition) is 3. The van der Waals surface area contributed by atoms with E-state index in [1.54, 1.807) is 7.11 Å². The minimum Gasteiger partial charge on any atom is -0.497 e. The molecule has 1 aliphatic heterocycles. The first-order chi connectivity index (χ1) is 7.88. The fraction of sp³-hybridized carbons (Fsp3) is 0.538. The van der Waals surface area contributed by atoms with E-state index in [1.807, 2.05) is 6.07 Å². The zero-order valence-electron chi connectivity index (χ0n) is 9.91. The van der Waals surface area contributed by atoms with Crippen LogP contribution in [0.1, 0.15) is 12.0 Å². The van der Waals surface area contributed by atoms with Gasteiger partial charge in [-0.2, -0.15) is 0 Å². The molecule has 1 N–H and O–H groups in total. The molecule has 2 rings (SSSR count). The van der Waals surface area contributed by atoms with E-state index < -0.39 is 0 Å². The van der Waals surface area contributed by atoms with Gasteiger partial charge in [-0.05, 0) is 37.2 Å². The summed E-state index contributed by atoms with van der Waals surface area (Å²) in [5, 5.41) is 3.42. The van der Waals surface area contributed by atoms with Gasteiger partial charge in [0.1, 0.15) is 5.75 Å². The number of methoxy groups -OCH3 is 1. The Morgan fingerprint density at radius 2 is 2.25 bits per heavy atom. The second-order valence-electron chi connectivity index (χ2n) is 4.23. The normalized spacial score (nSPS) is 18.1. The Morgan fingerprint density at radius 3 is 3.12 bits per heavy atom. The van der Waals surface area contributed by atoms with Crippen molar-refractivity contribution in [3.8, 4) is 5.75 Å². The lowest BCUT2D eigenvalue weighted by atomic mass is 10.2. The first-order valence-corrected chi connectivity index (χ1v) is 5.94. The van der Waals surface area contributed by atoms with E-state index in [0.717, 1.165) is 31.9 Å². The minimum atomic E-state index is 0.949. The molecule has 1 aromatic carbocycles. The average molecular weight is 220 g/mol. The fourth-order valence-electron chi connectivity index (χ4n) is 2.09. The third kappa shape index (κ3) is 3.22. The molecule has 1 heterocycles. The molecule has 0 aliphatic carbocycles. The van der Waals surface area contributed by atoms with Crippen molar-refractivity contribution < 1.29 is 4.74 Å². The molecule has 0 radical (unpaired) electrons. The minimum absolute atomic E-state index is 0.949. The Balaban J connectivity index is 1.96. The number of benzene rings is 1. The predicted octanol–water partition coefficient (Wildman–Crippen LogP) is 1.49. The molecule has 88 valence electrons. The molecule has 16 heavy (non-hydrogen) atoms. The van der Waals surface area contributed by atoms with Crippen LogP contribution in [0.2, 0.25) is 0 Å². The van der Waals surface area contributed by atoms with Crippen LogP contribution in [0.4, 0.5) is 0 Å². The maximum atomic E-state index is 5.24. The Bertz CT molecular complexity index is 319. The van der Waals surface area contributed by atoms with Gasteiger partial charge in [-0.25, -0.2) is 0 Å². The molecule has 0 aromatic heterocycles. The van der Waals surface area contributed by atoms with Crippen molar-refractivity contribution in [3.63, 3.8) is 0 Å². The van der Waals surface area contributed by atoms with E-state index in [9.17, 15) is 0 Å². The molecule has 0 atom stereocenters. The highest BCUT2D eigenvalue weighted by molar-refractivity contribution is 5.28. The van der Waals surface area contributed by atoms with E-state index in [2.05, 4.69) is 28.4 Å². The SMILES string of the molecule is COc1cccc(CN2CCCNCC2)c1. The van der Waals surface area contributed by atoms with Crippen LogP contribution in [0.15, 0.2) is 24.3 Å². The van der Waals surface area contributed by atoms with Gasteiger partial charge in [0.25, 0.3) is 0 Å². The highest BCUT2D eigenvalue weighted by Crippen LogP contribution is 2.14. The molecule has 1 aliphatic rings. The summed E-state index contributed by atoms with van der Waals surface area (Å²) in [6.07, 6.45) is 1.24. The molecule has 3 nitrogen and oxygen atoms in total. The summed E-state index contributed by atoms with van der Waals surface area (Å²) in [5.74, 6) is 0.949. The van der Waals surface area contributed by atoms with Gasteiger partial charge in [0.15, 0.2) is 0 Å². The maximum absolute atomic E-state index is 5.24. The molecule has 0 bridgehead atoms. The molecular weight excluding hydrogens is 200 g/mol. The van der Waals surface area contributed by atoms with Gasteiger partial charge in [-0.15, -0.1) is 0 Å². The lowest BCUT2D eigenvalue weighted by Crippen LogP contribution is -2.27. The second-order valence-corrected chi connectivity index (χ2v) is 4.23.